The van der Waals surface area contributed by atoms with Gasteiger partial charge in [0.05, 0.1) is 12.1 Å². The third-order valence-electron chi connectivity index (χ3n) is 4.44. The van der Waals surface area contributed by atoms with Crippen molar-refractivity contribution in [2.24, 2.45) is 11.5 Å². The molecule has 0 radical (unpaired) electrons. The van der Waals surface area contributed by atoms with Crippen molar-refractivity contribution in [1.82, 2.24) is 5.32 Å². The highest BCUT2D eigenvalue weighted by atomic mass is 16.7. The summed E-state index contributed by atoms with van der Waals surface area (Å²) in [5, 5.41) is 52.1. The topological polar surface area (TPSA) is 235 Å². The SMILES string of the molecule is CC(=O)NC1C(O)CC(O)(C(=O)O)OC1C(O)C(O)COC(=O)C(N)CCCN. The minimum Gasteiger partial charge on any atom is -0.477 e. The maximum Gasteiger partial charge on any atom is 0.364 e. The lowest BCUT2D eigenvalue weighted by molar-refractivity contribution is -0.295. The third-order valence-corrected chi connectivity index (χ3v) is 4.44. The monoisotopic (exact) mass is 423 g/mol. The Morgan fingerprint density at radius 2 is 1.97 bits per heavy atom. The van der Waals surface area contributed by atoms with Gasteiger partial charge in [0, 0.05) is 13.3 Å². The van der Waals surface area contributed by atoms with Crippen LogP contribution in [0.2, 0.25) is 0 Å². The maximum atomic E-state index is 11.8. The van der Waals surface area contributed by atoms with E-state index in [0.717, 1.165) is 6.92 Å². The van der Waals surface area contributed by atoms with E-state index in [0.29, 0.717) is 13.0 Å². The largest absolute Gasteiger partial charge is 0.477 e. The standard InChI is InChI=1S/C16H29N3O10/c1-7(20)19-11-9(21)5-16(27,15(25)26)29-13(11)12(23)10(22)6-28-14(24)8(18)3-2-4-17/h8-13,21-23,27H,2-6,17-18H2,1H3,(H,19,20)(H,25,26). The first-order valence-corrected chi connectivity index (χ1v) is 9.00. The zero-order valence-corrected chi connectivity index (χ0v) is 15.9. The van der Waals surface area contributed by atoms with Gasteiger partial charge in [-0.05, 0) is 19.4 Å². The van der Waals surface area contributed by atoms with Crippen LogP contribution in [-0.4, -0.2) is 98.8 Å². The summed E-state index contributed by atoms with van der Waals surface area (Å²) in [7, 11) is 0. The Kier molecular flexibility index (Phi) is 9.35. The number of esters is 1. The van der Waals surface area contributed by atoms with Crippen LogP contribution in [0.15, 0.2) is 0 Å². The second-order valence-electron chi connectivity index (χ2n) is 6.90. The second kappa shape index (κ2) is 10.8. The lowest BCUT2D eigenvalue weighted by Gasteiger charge is -2.44. The first-order valence-electron chi connectivity index (χ1n) is 9.00. The fourth-order valence-corrected chi connectivity index (χ4v) is 2.86. The molecule has 0 aliphatic carbocycles. The highest BCUT2D eigenvalue weighted by Gasteiger charge is 2.54. The molecule has 1 saturated heterocycles. The van der Waals surface area contributed by atoms with E-state index in [1.54, 1.807) is 0 Å². The normalized spacial score (nSPS) is 30.1. The number of hydrogen-bond acceptors (Lipinski definition) is 11. The molecule has 0 aromatic heterocycles. The van der Waals surface area contributed by atoms with Gasteiger partial charge < -0.3 is 51.8 Å². The number of nitrogens with one attached hydrogen (secondary N) is 1. The summed E-state index contributed by atoms with van der Waals surface area (Å²) in [5.41, 5.74) is 10.9. The molecule has 168 valence electrons. The van der Waals surface area contributed by atoms with E-state index in [-0.39, 0.29) is 6.42 Å². The van der Waals surface area contributed by atoms with Gasteiger partial charge in [-0.3, -0.25) is 9.59 Å². The molecule has 0 saturated carbocycles. The van der Waals surface area contributed by atoms with Crippen molar-refractivity contribution in [3.63, 3.8) is 0 Å². The zero-order valence-electron chi connectivity index (χ0n) is 15.9. The molecule has 1 fully saturated rings. The predicted octanol–water partition coefficient (Wildman–Crippen LogP) is -4.25. The molecule has 29 heavy (non-hydrogen) atoms. The van der Waals surface area contributed by atoms with E-state index in [9.17, 15) is 34.8 Å². The number of ether oxygens (including phenoxy) is 2. The summed E-state index contributed by atoms with van der Waals surface area (Å²) in [4.78, 5) is 34.4. The van der Waals surface area contributed by atoms with E-state index in [1.807, 2.05) is 0 Å². The molecule has 10 N–H and O–H groups in total. The molecule has 1 aliphatic rings. The minimum atomic E-state index is -2.86. The Morgan fingerprint density at radius 3 is 2.48 bits per heavy atom. The minimum absolute atomic E-state index is 0.252. The van der Waals surface area contributed by atoms with Crippen molar-refractivity contribution in [2.45, 2.75) is 68.5 Å². The van der Waals surface area contributed by atoms with Gasteiger partial charge in [0.1, 0.15) is 31.0 Å². The van der Waals surface area contributed by atoms with Crippen molar-refractivity contribution < 1.29 is 49.4 Å². The Labute approximate surface area is 166 Å². The molecule has 0 aromatic rings. The van der Waals surface area contributed by atoms with E-state index in [1.165, 1.54) is 0 Å². The van der Waals surface area contributed by atoms with Gasteiger partial charge in [-0.15, -0.1) is 0 Å². The van der Waals surface area contributed by atoms with Crippen molar-refractivity contribution >= 4 is 17.8 Å². The van der Waals surface area contributed by atoms with Gasteiger partial charge in [0.15, 0.2) is 0 Å². The molecule has 0 aromatic carbocycles. The summed E-state index contributed by atoms with van der Waals surface area (Å²) in [6.07, 6.45) is -7.16. The fraction of sp³-hybridized carbons (Fsp3) is 0.812. The van der Waals surface area contributed by atoms with Crippen LogP contribution >= 0.6 is 0 Å². The van der Waals surface area contributed by atoms with Crippen molar-refractivity contribution in [3.8, 4) is 0 Å². The average molecular weight is 423 g/mol. The van der Waals surface area contributed by atoms with Crippen molar-refractivity contribution in [3.05, 3.63) is 0 Å². The average Bonchev–Trinajstić information content (AvgIpc) is 2.64. The number of carbonyl (C=O) groups excluding carboxylic acids is 2. The number of carboxylic acids is 1. The van der Waals surface area contributed by atoms with Gasteiger partial charge in [0.25, 0.3) is 5.79 Å². The first kappa shape index (κ1) is 25.2. The van der Waals surface area contributed by atoms with Crippen LogP contribution in [0.1, 0.15) is 26.2 Å². The number of hydrogen-bond donors (Lipinski definition) is 8. The molecular formula is C16H29N3O10. The van der Waals surface area contributed by atoms with Crippen molar-refractivity contribution in [1.29, 1.82) is 0 Å². The molecular weight excluding hydrogens is 394 g/mol. The van der Waals surface area contributed by atoms with Crippen LogP contribution in [0.3, 0.4) is 0 Å². The lowest BCUT2D eigenvalue weighted by Crippen LogP contribution is -2.67. The van der Waals surface area contributed by atoms with Gasteiger partial charge in [-0.1, -0.05) is 0 Å². The summed E-state index contributed by atoms with van der Waals surface area (Å²) in [6, 6.07) is -2.33. The van der Waals surface area contributed by atoms with Crippen LogP contribution < -0.4 is 16.8 Å². The number of aliphatic carboxylic acids is 1. The zero-order chi connectivity index (χ0) is 22.4. The molecule has 1 heterocycles. The molecule has 0 bridgehead atoms. The predicted molar refractivity (Wildman–Crippen MR) is 94.9 cm³/mol. The van der Waals surface area contributed by atoms with Crippen LogP contribution in [0.25, 0.3) is 0 Å². The number of rotatable bonds is 10. The quantitative estimate of drug-likeness (QED) is 0.156. The summed E-state index contributed by atoms with van der Waals surface area (Å²) < 4.78 is 9.82. The Morgan fingerprint density at radius 1 is 1.34 bits per heavy atom. The van der Waals surface area contributed by atoms with E-state index >= 15 is 0 Å². The van der Waals surface area contributed by atoms with Gasteiger partial charge in [-0.2, -0.15) is 0 Å². The lowest BCUT2D eigenvalue weighted by atomic mass is 9.88. The van der Waals surface area contributed by atoms with Gasteiger partial charge >= 0.3 is 11.9 Å². The van der Waals surface area contributed by atoms with Gasteiger partial charge in [-0.25, -0.2) is 4.79 Å². The molecule has 1 aliphatic heterocycles. The van der Waals surface area contributed by atoms with Crippen LogP contribution in [-0.2, 0) is 23.9 Å². The van der Waals surface area contributed by atoms with Crippen molar-refractivity contribution in [2.75, 3.05) is 13.2 Å². The maximum absolute atomic E-state index is 11.8. The highest BCUT2D eigenvalue weighted by Crippen LogP contribution is 2.30. The number of carboxylic acid groups (broad SMARTS) is 1. The van der Waals surface area contributed by atoms with Crippen LogP contribution in [0.5, 0.6) is 0 Å². The number of aliphatic hydroxyl groups is 4. The molecule has 1 rings (SSSR count). The van der Waals surface area contributed by atoms with Crippen LogP contribution in [0.4, 0.5) is 0 Å². The summed E-state index contributed by atoms with van der Waals surface area (Å²) >= 11 is 0. The Hall–Kier alpha value is -1.87. The Balaban J connectivity index is 2.86. The molecule has 1 amide bonds. The summed E-state index contributed by atoms with van der Waals surface area (Å²) in [5.74, 6) is -6.18. The van der Waals surface area contributed by atoms with Gasteiger partial charge in [0.2, 0.25) is 5.91 Å². The highest BCUT2D eigenvalue weighted by molar-refractivity contribution is 5.76. The number of carbonyl (C=O) groups is 3. The number of aliphatic hydroxyl groups excluding tert-OH is 3. The smallest absolute Gasteiger partial charge is 0.364 e. The van der Waals surface area contributed by atoms with E-state index < -0.39 is 73.2 Å². The Bertz CT molecular complexity index is 591. The fourth-order valence-electron chi connectivity index (χ4n) is 2.86. The number of amides is 1. The molecule has 13 nitrogen and oxygen atoms in total. The van der Waals surface area contributed by atoms with E-state index in [2.05, 4.69) is 5.32 Å². The second-order valence-corrected chi connectivity index (χ2v) is 6.90. The summed E-state index contributed by atoms with van der Waals surface area (Å²) in [6.45, 7) is 0.695. The molecule has 0 spiro atoms. The van der Waals surface area contributed by atoms with E-state index in [4.69, 9.17) is 26.0 Å². The third kappa shape index (κ3) is 6.85. The molecule has 13 heteroatoms. The molecule has 7 atom stereocenters. The molecule has 7 unspecified atom stereocenters. The van der Waals surface area contributed by atoms with Crippen LogP contribution in [0, 0.1) is 0 Å². The number of nitrogens with two attached hydrogens (primary N) is 2. The first-order chi connectivity index (χ1) is 13.4.